The fourth-order valence-corrected chi connectivity index (χ4v) is 4.80. The van der Waals surface area contributed by atoms with Crippen LogP contribution in [-0.2, 0) is 4.79 Å². The van der Waals surface area contributed by atoms with Crippen molar-refractivity contribution in [2.75, 3.05) is 32.8 Å². The van der Waals surface area contributed by atoms with Gasteiger partial charge < -0.3 is 24.0 Å². The second-order valence-electron chi connectivity index (χ2n) is 9.13. The van der Waals surface area contributed by atoms with Crippen molar-refractivity contribution in [1.82, 2.24) is 10.1 Å². The summed E-state index contributed by atoms with van der Waals surface area (Å²) in [5, 5.41) is 13.3. The zero-order chi connectivity index (χ0) is 23.4. The summed E-state index contributed by atoms with van der Waals surface area (Å²) in [4.78, 5) is 13.6. The molecule has 10 heteroatoms. The summed E-state index contributed by atoms with van der Waals surface area (Å²) in [6, 6.07) is 4.60. The minimum absolute atomic E-state index is 0.0357. The van der Waals surface area contributed by atoms with E-state index in [1.165, 1.54) is 6.07 Å². The molecule has 7 nitrogen and oxygen atoms in total. The fraction of sp³-hybridized carbons (Fsp3) is 0.652. The van der Waals surface area contributed by atoms with E-state index >= 15 is 0 Å². The highest BCUT2D eigenvalue weighted by Gasteiger charge is 2.30. The van der Waals surface area contributed by atoms with E-state index in [-0.39, 0.29) is 17.5 Å². The van der Waals surface area contributed by atoms with E-state index in [9.17, 15) is 18.0 Å². The predicted octanol–water partition coefficient (Wildman–Crippen LogP) is 4.75. The summed E-state index contributed by atoms with van der Waals surface area (Å²) in [6.07, 6.45) is 0.949. The summed E-state index contributed by atoms with van der Waals surface area (Å²) in [5.74, 6) is 0.210. The molecule has 2 heterocycles. The first-order chi connectivity index (χ1) is 15.8. The molecule has 2 fully saturated rings. The van der Waals surface area contributed by atoms with Crippen molar-refractivity contribution >= 4 is 16.9 Å². The van der Waals surface area contributed by atoms with Gasteiger partial charge in [0, 0.05) is 6.54 Å². The van der Waals surface area contributed by atoms with Crippen LogP contribution < -0.4 is 9.47 Å². The third kappa shape index (κ3) is 6.31. The standard InChI is InChI=1S/C23H29F3N2O5/c24-23(25,26)14-32-18-2-1-3-19-20(18)21(27-33-19)31-13-16-8-10-28(11-9-16)12-15-4-6-17(7-5-15)22(29)30/h1-3,15-17H,4-14H2,(H,29,30). The lowest BCUT2D eigenvalue weighted by molar-refractivity contribution is -0.153. The molecular formula is C23H29F3N2O5. The van der Waals surface area contributed by atoms with Crippen LogP contribution in [0, 0.1) is 17.8 Å². The van der Waals surface area contributed by atoms with E-state index in [2.05, 4.69) is 10.1 Å². The second kappa shape index (κ2) is 10.2. The molecule has 33 heavy (non-hydrogen) atoms. The maximum Gasteiger partial charge on any atom is 0.422 e. The van der Waals surface area contributed by atoms with Crippen molar-refractivity contribution in [2.45, 2.75) is 44.7 Å². The Morgan fingerprint density at radius 1 is 1.09 bits per heavy atom. The van der Waals surface area contributed by atoms with E-state index in [0.717, 1.165) is 58.2 Å². The van der Waals surface area contributed by atoms with Crippen LogP contribution in [0.25, 0.3) is 11.0 Å². The Kier molecular flexibility index (Phi) is 7.31. The molecule has 1 aliphatic carbocycles. The van der Waals surface area contributed by atoms with Gasteiger partial charge in [-0.25, -0.2) is 0 Å². The van der Waals surface area contributed by atoms with Gasteiger partial charge in [0.1, 0.15) is 11.1 Å². The SMILES string of the molecule is O=C(O)C1CCC(CN2CCC(COc3noc4cccc(OCC(F)(F)F)c34)CC2)CC1. The number of aliphatic carboxylic acids is 1. The van der Waals surface area contributed by atoms with E-state index in [1.807, 2.05) is 0 Å². The summed E-state index contributed by atoms with van der Waals surface area (Å²) in [5.41, 5.74) is 0.317. The lowest BCUT2D eigenvalue weighted by Gasteiger charge is -2.36. The third-order valence-electron chi connectivity index (χ3n) is 6.70. The number of fused-ring (bicyclic) bond motifs is 1. The molecule has 2 aliphatic rings. The van der Waals surface area contributed by atoms with E-state index in [1.54, 1.807) is 12.1 Å². The summed E-state index contributed by atoms with van der Waals surface area (Å²) in [6.45, 7) is 1.92. The van der Waals surface area contributed by atoms with Gasteiger partial charge in [0.2, 0.25) is 0 Å². The number of carbonyl (C=O) groups is 1. The number of hydrogen-bond donors (Lipinski definition) is 1. The van der Waals surface area contributed by atoms with Gasteiger partial charge in [-0.2, -0.15) is 13.2 Å². The molecule has 182 valence electrons. The summed E-state index contributed by atoms with van der Waals surface area (Å²) in [7, 11) is 0. The molecule has 1 aromatic heterocycles. The molecule has 1 saturated carbocycles. The zero-order valence-electron chi connectivity index (χ0n) is 18.4. The van der Waals surface area contributed by atoms with Crippen molar-refractivity contribution < 1.29 is 37.1 Å². The number of piperidine rings is 1. The van der Waals surface area contributed by atoms with Crippen LogP contribution in [0.1, 0.15) is 38.5 Å². The van der Waals surface area contributed by atoms with Crippen LogP contribution in [0.4, 0.5) is 13.2 Å². The van der Waals surface area contributed by atoms with E-state index in [4.69, 9.17) is 19.1 Å². The molecule has 4 rings (SSSR count). The normalized spacial score (nSPS) is 23.0. The molecule has 0 radical (unpaired) electrons. The smallest absolute Gasteiger partial charge is 0.422 e. The number of nitrogens with zero attached hydrogens (tertiary/aromatic N) is 2. The van der Waals surface area contributed by atoms with Gasteiger partial charge in [0.15, 0.2) is 12.2 Å². The number of likely N-dealkylation sites (tertiary alicyclic amines) is 1. The molecule has 2 aromatic rings. The average Bonchev–Trinajstić information content (AvgIpc) is 3.21. The average molecular weight is 470 g/mol. The highest BCUT2D eigenvalue weighted by Crippen LogP contribution is 2.35. The quantitative estimate of drug-likeness (QED) is 0.596. The van der Waals surface area contributed by atoms with Gasteiger partial charge >= 0.3 is 12.1 Å². The van der Waals surface area contributed by atoms with Gasteiger partial charge in [0.05, 0.1) is 12.5 Å². The third-order valence-corrected chi connectivity index (χ3v) is 6.70. The zero-order valence-corrected chi connectivity index (χ0v) is 18.4. The number of carboxylic acid groups (broad SMARTS) is 1. The Balaban J connectivity index is 1.25. The first-order valence-electron chi connectivity index (χ1n) is 11.4. The van der Waals surface area contributed by atoms with Crippen LogP contribution in [0.2, 0.25) is 0 Å². The van der Waals surface area contributed by atoms with Crippen LogP contribution in [0.5, 0.6) is 11.6 Å². The summed E-state index contributed by atoms with van der Waals surface area (Å²) < 4.78 is 53.7. The van der Waals surface area contributed by atoms with Crippen LogP contribution in [-0.4, -0.2) is 60.2 Å². The number of hydrogen-bond acceptors (Lipinski definition) is 6. The van der Waals surface area contributed by atoms with E-state index < -0.39 is 18.8 Å². The Hall–Kier alpha value is -2.49. The number of halogens is 3. The maximum absolute atomic E-state index is 12.6. The highest BCUT2D eigenvalue weighted by atomic mass is 19.4. The monoisotopic (exact) mass is 470 g/mol. The maximum atomic E-state index is 12.6. The molecule has 1 N–H and O–H groups in total. The van der Waals surface area contributed by atoms with Gasteiger partial charge in [0.25, 0.3) is 5.88 Å². The van der Waals surface area contributed by atoms with Crippen molar-refractivity contribution in [3.8, 4) is 11.6 Å². The molecule has 0 atom stereocenters. The Morgan fingerprint density at radius 2 is 1.82 bits per heavy atom. The first kappa shape index (κ1) is 23.7. The second-order valence-corrected chi connectivity index (χ2v) is 9.13. The van der Waals surface area contributed by atoms with Crippen molar-refractivity contribution in [3.05, 3.63) is 18.2 Å². The Bertz CT molecular complexity index is 932. The number of rotatable bonds is 8. The lowest BCUT2D eigenvalue weighted by atomic mass is 9.81. The highest BCUT2D eigenvalue weighted by molar-refractivity contribution is 5.88. The Labute approximate surface area is 189 Å². The molecule has 1 aromatic carbocycles. The topological polar surface area (TPSA) is 85.0 Å². The van der Waals surface area contributed by atoms with Gasteiger partial charge in [-0.3, -0.25) is 4.79 Å². The molecule has 0 amide bonds. The largest absolute Gasteiger partial charge is 0.483 e. The van der Waals surface area contributed by atoms with Crippen molar-refractivity contribution in [2.24, 2.45) is 17.8 Å². The number of aromatic nitrogens is 1. The molecule has 0 spiro atoms. The van der Waals surface area contributed by atoms with Gasteiger partial charge in [-0.15, -0.1) is 0 Å². The van der Waals surface area contributed by atoms with Gasteiger partial charge in [-0.1, -0.05) is 6.07 Å². The molecule has 1 saturated heterocycles. The predicted molar refractivity (Wildman–Crippen MR) is 113 cm³/mol. The minimum atomic E-state index is -4.44. The number of benzene rings is 1. The number of ether oxygens (including phenoxy) is 2. The van der Waals surface area contributed by atoms with Crippen LogP contribution >= 0.6 is 0 Å². The minimum Gasteiger partial charge on any atom is -0.483 e. The molecular weight excluding hydrogens is 441 g/mol. The lowest BCUT2D eigenvalue weighted by Crippen LogP contribution is -2.39. The fourth-order valence-electron chi connectivity index (χ4n) is 4.80. The van der Waals surface area contributed by atoms with Crippen LogP contribution in [0.3, 0.4) is 0 Å². The molecule has 0 unspecified atom stereocenters. The summed E-state index contributed by atoms with van der Waals surface area (Å²) >= 11 is 0. The van der Waals surface area contributed by atoms with Gasteiger partial charge in [-0.05, 0) is 80.7 Å². The van der Waals surface area contributed by atoms with E-state index in [0.29, 0.717) is 29.4 Å². The van der Waals surface area contributed by atoms with Crippen molar-refractivity contribution in [3.63, 3.8) is 0 Å². The van der Waals surface area contributed by atoms with Crippen molar-refractivity contribution in [1.29, 1.82) is 0 Å². The first-order valence-corrected chi connectivity index (χ1v) is 11.4. The molecule has 1 aliphatic heterocycles. The number of carboxylic acids is 1. The molecule has 0 bridgehead atoms. The van der Waals surface area contributed by atoms with Crippen LogP contribution in [0.15, 0.2) is 22.7 Å². The Morgan fingerprint density at radius 3 is 2.48 bits per heavy atom. The number of alkyl halides is 3.